The molecule has 0 atom stereocenters. The van der Waals surface area contributed by atoms with Crippen molar-refractivity contribution in [1.29, 1.82) is 0 Å². The van der Waals surface area contributed by atoms with Crippen LogP contribution < -0.4 is 10.5 Å². The Morgan fingerprint density at radius 1 is 1.40 bits per heavy atom. The van der Waals surface area contributed by atoms with E-state index in [1.54, 1.807) is 18.3 Å². The number of nitrogens with zero attached hydrogens (tertiary/aromatic N) is 3. The monoisotopic (exact) mass is 410 g/mol. The van der Waals surface area contributed by atoms with E-state index < -0.39 is 0 Å². The molecule has 0 saturated carbocycles. The quantitative estimate of drug-likeness (QED) is 0.359. The van der Waals surface area contributed by atoms with Crippen LogP contribution in [0.25, 0.3) is 0 Å². The molecule has 0 aliphatic carbocycles. The van der Waals surface area contributed by atoms with Gasteiger partial charge in [0.15, 0.2) is 5.96 Å². The summed E-state index contributed by atoms with van der Waals surface area (Å²) < 4.78 is 5.45. The Morgan fingerprint density at radius 3 is 2.85 bits per heavy atom. The van der Waals surface area contributed by atoms with Crippen LogP contribution in [0, 0.1) is 0 Å². The molecule has 2 N–H and O–H groups in total. The SMILES string of the molecule is I.NC(=NCCOc1ncccc1Cl)N1CCCCC1. The van der Waals surface area contributed by atoms with Gasteiger partial charge in [0, 0.05) is 19.3 Å². The zero-order chi connectivity index (χ0) is 13.5. The van der Waals surface area contributed by atoms with Gasteiger partial charge in [-0.15, -0.1) is 24.0 Å². The number of ether oxygens (including phenoxy) is 1. The molecule has 1 saturated heterocycles. The lowest BCUT2D eigenvalue weighted by molar-refractivity contribution is 0.311. The zero-order valence-corrected chi connectivity index (χ0v) is 14.4. The van der Waals surface area contributed by atoms with Crippen LogP contribution in [0.4, 0.5) is 0 Å². The Hall–Kier alpha value is -0.760. The fourth-order valence-corrected chi connectivity index (χ4v) is 2.18. The van der Waals surface area contributed by atoms with Gasteiger partial charge in [0.1, 0.15) is 11.6 Å². The first-order chi connectivity index (χ1) is 9.27. The lowest BCUT2D eigenvalue weighted by Gasteiger charge is -2.27. The minimum absolute atomic E-state index is 0. The molecule has 1 aliphatic heterocycles. The molecule has 0 amide bonds. The van der Waals surface area contributed by atoms with Crippen LogP contribution in [0.15, 0.2) is 23.3 Å². The number of aromatic nitrogens is 1. The number of nitrogens with two attached hydrogens (primary N) is 1. The molecular weight excluding hydrogens is 391 g/mol. The number of guanidine groups is 1. The summed E-state index contributed by atoms with van der Waals surface area (Å²) in [5.41, 5.74) is 5.94. The van der Waals surface area contributed by atoms with Crippen molar-refractivity contribution in [3.05, 3.63) is 23.4 Å². The van der Waals surface area contributed by atoms with E-state index in [9.17, 15) is 0 Å². The van der Waals surface area contributed by atoms with Gasteiger partial charge in [-0.25, -0.2) is 9.98 Å². The van der Waals surface area contributed by atoms with E-state index in [0.29, 0.717) is 30.0 Å². The molecule has 0 radical (unpaired) electrons. The second kappa shape index (κ2) is 9.23. The molecule has 2 heterocycles. The van der Waals surface area contributed by atoms with Gasteiger partial charge in [-0.05, 0) is 31.4 Å². The van der Waals surface area contributed by atoms with Gasteiger partial charge in [0.2, 0.25) is 5.88 Å². The highest BCUT2D eigenvalue weighted by atomic mass is 127. The second-order valence-corrected chi connectivity index (χ2v) is 4.83. The second-order valence-electron chi connectivity index (χ2n) is 4.43. The minimum atomic E-state index is 0. The van der Waals surface area contributed by atoms with Crippen LogP contribution in [-0.2, 0) is 0 Å². The number of aliphatic imine (C=N–C) groups is 1. The third-order valence-corrected chi connectivity index (χ3v) is 3.30. The number of pyridine rings is 1. The standard InChI is InChI=1S/C13H19ClN4O.HI/c14-11-5-4-6-16-12(11)19-10-7-17-13(15)18-8-2-1-3-9-18;/h4-6H,1-3,7-10H2,(H2,15,17);1H. The number of piperidine rings is 1. The van der Waals surface area contributed by atoms with Crippen molar-refractivity contribution in [2.24, 2.45) is 10.7 Å². The predicted octanol–water partition coefficient (Wildman–Crippen LogP) is 2.53. The Bertz CT molecular complexity index is 438. The predicted molar refractivity (Wildman–Crippen MR) is 92.1 cm³/mol. The molecule has 20 heavy (non-hydrogen) atoms. The molecule has 0 bridgehead atoms. The van der Waals surface area contributed by atoms with Crippen molar-refractivity contribution in [3.63, 3.8) is 0 Å². The van der Waals surface area contributed by atoms with E-state index >= 15 is 0 Å². The van der Waals surface area contributed by atoms with Crippen LogP contribution in [0.5, 0.6) is 5.88 Å². The molecule has 0 spiro atoms. The third-order valence-electron chi connectivity index (χ3n) is 3.01. The van der Waals surface area contributed by atoms with Gasteiger partial charge >= 0.3 is 0 Å². The van der Waals surface area contributed by atoms with E-state index in [2.05, 4.69) is 14.9 Å². The Labute approximate surface area is 141 Å². The summed E-state index contributed by atoms with van der Waals surface area (Å²) in [6, 6.07) is 3.51. The number of hydrogen-bond acceptors (Lipinski definition) is 3. The molecule has 1 fully saturated rings. The number of halogens is 2. The molecule has 0 unspecified atom stereocenters. The first-order valence-electron chi connectivity index (χ1n) is 6.55. The van der Waals surface area contributed by atoms with Gasteiger partial charge in [0.05, 0.1) is 6.54 Å². The highest BCUT2D eigenvalue weighted by Crippen LogP contribution is 2.19. The van der Waals surface area contributed by atoms with Gasteiger partial charge in [-0.2, -0.15) is 0 Å². The Balaban J connectivity index is 0.00000200. The van der Waals surface area contributed by atoms with Gasteiger partial charge < -0.3 is 15.4 Å². The van der Waals surface area contributed by atoms with Crippen molar-refractivity contribution in [3.8, 4) is 5.88 Å². The molecule has 1 aromatic rings. The van der Waals surface area contributed by atoms with E-state index in [1.165, 1.54) is 19.3 Å². The molecule has 2 rings (SSSR count). The average molecular weight is 411 g/mol. The summed E-state index contributed by atoms with van der Waals surface area (Å²) in [5, 5.41) is 0.510. The number of likely N-dealkylation sites (tertiary alicyclic amines) is 1. The maximum absolute atomic E-state index is 5.94. The minimum Gasteiger partial charge on any atom is -0.475 e. The smallest absolute Gasteiger partial charge is 0.232 e. The topological polar surface area (TPSA) is 63.7 Å². The van der Waals surface area contributed by atoms with Crippen LogP contribution in [0.1, 0.15) is 19.3 Å². The van der Waals surface area contributed by atoms with Crippen LogP contribution in [-0.4, -0.2) is 42.1 Å². The third kappa shape index (κ3) is 5.32. The van der Waals surface area contributed by atoms with Crippen LogP contribution in [0.2, 0.25) is 5.02 Å². The fourth-order valence-electron chi connectivity index (χ4n) is 2.00. The molecular formula is C13H20ClIN4O. The highest BCUT2D eigenvalue weighted by molar-refractivity contribution is 14.0. The lowest BCUT2D eigenvalue weighted by Crippen LogP contribution is -2.41. The lowest BCUT2D eigenvalue weighted by atomic mass is 10.1. The first-order valence-corrected chi connectivity index (χ1v) is 6.93. The summed E-state index contributed by atoms with van der Waals surface area (Å²) >= 11 is 5.93. The molecule has 7 heteroatoms. The largest absolute Gasteiger partial charge is 0.475 e. The van der Waals surface area contributed by atoms with Gasteiger partial charge in [-0.3, -0.25) is 0 Å². The van der Waals surface area contributed by atoms with Crippen LogP contribution in [0.3, 0.4) is 0 Å². The van der Waals surface area contributed by atoms with E-state index in [-0.39, 0.29) is 24.0 Å². The Morgan fingerprint density at radius 2 is 2.15 bits per heavy atom. The zero-order valence-electron chi connectivity index (χ0n) is 11.3. The summed E-state index contributed by atoms with van der Waals surface area (Å²) in [7, 11) is 0. The fraction of sp³-hybridized carbons (Fsp3) is 0.538. The van der Waals surface area contributed by atoms with Crippen molar-refractivity contribution in [2.45, 2.75) is 19.3 Å². The molecule has 1 aromatic heterocycles. The molecule has 112 valence electrons. The maximum Gasteiger partial charge on any atom is 0.232 e. The molecule has 5 nitrogen and oxygen atoms in total. The first kappa shape index (κ1) is 17.3. The van der Waals surface area contributed by atoms with E-state index in [1.807, 2.05) is 0 Å². The van der Waals surface area contributed by atoms with Crippen LogP contribution >= 0.6 is 35.6 Å². The van der Waals surface area contributed by atoms with Crippen molar-refractivity contribution >= 4 is 41.5 Å². The van der Waals surface area contributed by atoms with Crippen molar-refractivity contribution in [1.82, 2.24) is 9.88 Å². The summed E-state index contributed by atoms with van der Waals surface area (Å²) in [5.74, 6) is 1.05. The summed E-state index contributed by atoms with van der Waals surface area (Å²) in [4.78, 5) is 10.5. The molecule has 0 aromatic carbocycles. The van der Waals surface area contributed by atoms with Crippen molar-refractivity contribution in [2.75, 3.05) is 26.2 Å². The van der Waals surface area contributed by atoms with Gasteiger partial charge in [0.25, 0.3) is 0 Å². The number of rotatable bonds is 4. The average Bonchev–Trinajstić information content (AvgIpc) is 2.46. The summed E-state index contributed by atoms with van der Waals surface area (Å²) in [6.45, 7) is 2.94. The van der Waals surface area contributed by atoms with E-state index in [4.69, 9.17) is 22.1 Å². The van der Waals surface area contributed by atoms with E-state index in [0.717, 1.165) is 13.1 Å². The number of hydrogen-bond donors (Lipinski definition) is 1. The highest BCUT2D eigenvalue weighted by Gasteiger charge is 2.11. The summed E-state index contributed by atoms with van der Waals surface area (Å²) in [6.07, 6.45) is 5.31. The van der Waals surface area contributed by atoms with Crippen molar-refractivity contribution < 1.29 is 4.74 Å². The molecule has 1 aliphatic rings. The maximum atomic E-state index is 5.94. The van der Waals surface area contributed by atoms with Gasteiger partial charge in [-0.1, -0.05) is 11.6 Å². The Kier molecular flexibility index (Phi) is 7.98. The normalized spacial score (nSPS) is 15.7.